The minimum Gasteiger partial charge on any atom is -0.506 e. The summed E-state index contributed by atoms with van der Waals surface area (Å²) in [6.07, 6.45) is -0.870. The summed E-state index contributed by atoms with van der Waals surface area (Å²) < 4.78 is 5.54. The molecule has 84 valence electrons. The average molecular weight is 276 g/mol. The number of aliphatic hydroxyl groups excluding tert-OH is 1. The molecule has 0 radical (unpaired) electrons. The van der Waals surface area contributed by atoms with Crippen molar-refractivity contribution < 1.29 is 14.9 Å². The number of aromatic hydroxyl groups is 1. The minimum absolute atomic E-state index is 0.0320. The standard InChI is InChI=1S/C10H14BrNO3/c1-5-3-6(7(13)4-12)9(14)8(11)10(5)15-2/h3,7,13-14H,4,12H2,1-2H3. The molecule has 1 aromatic carbocycles. The van der Waals surface area contributed by atoms with Gasteiger partial charge in [0.1, 0.15) is 16.0 Å². The molecule has 0 saturated heterocycles. The number of hydrogen-bond donors (Lipinski definition) is 3. The fourth-order valence-electron chi connectivity index (χ4n) is 1.41. The molecule has 15 heavy (non-hydrogen) atoms. The third-order valence-electron chi connectivity index (χ3n) is 2.20. The van der Waals surface area contributed by atoms with E-state index in [9.17, 15) is 10.2 Å². The Bertz CT molecular complexity index is 368. The first kappa shape index (κ1) is 12.3. The highest BCUT2D eigenvalue weighted by molar-refractivity contribution is 9.10. The zero-order valence-corrected chi connectivity index (χ0v) is 10.2. The molecule has 0 heterocycles. The highest BCUT2D eigenvalue weighted by Crippen LogP contribution is 2.41. The van der Waals surface area contributed by atoms with Crippen molar-refractivity contribution in [1.29, 1.82) is 0 Å². The molecule has 0 aliphatic carbocycles. The molecule has 1 aromatic rings. The first-order valence-electron chi connectivity index (χ1n) is 4.47. The van der Waals surface area contributed by atoms with Gasteiger partial charge in [-0.25, -0.2) is 0 Å². The zero-order valence-electron chi connectivity index (χ0n) is 8.62. The molecule has 4 nitrogen and oxygen atoms in total. The number of methoxy groups -OCH3 is 1. The molecule has 0 bridgehead atoms. The fourth-order valence-corrected chi connectivity index (χ4v) is 2.11. The van der Waals surface area contributed by atoms with Gasteiger partial charge in [0.05, 0.1) is 13.2 Å². The van der Waals surface area contributed by atoms with E-state index < -0.39 is 6.10 Å². The maximum absolute atomic E-state index is 9.79. The van der Waals surface area contributed by atoms with Crippen LogP contribution in [0.15, 0.2) is 10.5 Å². The summed E-state index contributed by atoms with van der Waals surface area (Å²) in [5, 5.41) is 19.4. The van der Waals surface area contributed by atoms with Gasteiger partial charge in [0.2, 0.25) is 0 Å². The SMILES string of the molecule is COc1c(C)cc(C(O)CN)c(O)c1Br. The van der Waals surface area contributed by atoms with Crippen molar-refractivity contribution in [2.45, 2.75) is 13.0 Å². The fraction of sp³-hybridized carbons (Fsp3) is 0.400. The number of nitrogens with two attached hydrogens (primary N) is 1. The normalized spacial score (nSPS) is 12.6. The Hall–Kier alpha value is -0.780. The number of phenolic OH excluding ortho intramolecular Hbond substituents is 1. The zero-order chi connectivity index (χ0) is 11.6. The van der Waals surface area contributed by atoms with Gasteiger partial charge in [0, 0.05) is 12.1 Å². The first-order chi connectivity index (χ1) is 7.02. The van der Waals surface area contributed by atoms with E-state index in [0.29, 0.717) is 15.8 Å². The molecule has 5 heteroatoms. The number of phenols is 1. The predicted molar refractivity (Wildman–Crippen MR) is 61.1 cm³/mol. The number of benzene rings is 1. The third-order valence-corrected chi connectivity index (χ3v) is 2.93. The lowest BCUT2D eigenvalue weighted by atomic mass is 10.0. The van der Waals surface area contributed by atoms with E-state index in [-0.39, 0.29) is 12.3 Å². The third kappa shape index (κ3) is 2.25. The summed E-state index contributed by atoms with van der Waals surface area (Å²) in [6.45, 7) is 1.89. The second kappa shape index (κ2) is 4.83. The number of aliphatic hydroxyl groups is 1. The summed E-state index contributed by atoms with van der Waals surface area (Å²) in [5.74, 6) is 0.524. The molecule has 4 N–H and O–H groups in total. The van der Waals surface area contributed by atoms with Crippen molar-refractivity contribution in [3.05, 3.63) is 21.7 Å². The summed E-state index contributed by atoms with van der Waals surface area (Å²) in [4.78, 5) is 0. The highest BCUT2D eigenvalue weighted by Gasteiger charge is 2.18. The van der Waals surface area contributed by atoms with Gasteiger partial charge in [-0.1, -0.05) is 0 Å². The van der Waals surface area contributed by atoms with E-state index >= 15 is 0 Å². The number of halogens is 1. The van der Waals surface area contributed by atoms with Crippen molar-refractivity contribution in [2.75, 3.05) is 13.7 Å². The van der Waals surface area contributed by atoms with Crippen LogP contribution in [0.25, 0.3) is 0 Å². The minimum atomic E-state index is -0.870. The number of rotatable bonds is 3. The number of hydrogen-bond acceptors (Lipinski definition) is 4. The molecule has 1 atom stereocenters. The van der Waals surface area contributed by atoms with E-state index in [2.05, 4.69) is 15.9 Å². The van der Waals surface area contributed by atoms with Gasteiger partial charge in [-0.3, -0.25) is 0 Å². The predicted octanol–water partition coefficient (Wildman–Crippen LogP) is 1.46. The van der Waals surface area contributed by atoms with Crippen LogP contribution < -0.4 is 10.5 Å². The van der Waals surface area contributed by atoms with Crippen LogP contribution >= 0.6 is 15.9 Å². The summed E-state index contributed by atoms with van der Waals surface area (Å²) in [5.41, 5.74) is 6.57. The van der Waals surface area contributed by atoms with Crippen LogP contribution in [-0.2, 0) is 0 Å². The van der Waals surface area contributed by atoms with Crippen molar-refractivity contribution in [3.63, 3.8) is 0 Å². The summed E-state index contributed by atoms with van der Waals surface area (Å²) >= 11 is 3.21. The van der Waals surface area contributed by atoms with Crippen molar-refractivity contribution in [1.82, 2.24) is 0 Å². The van der Waals surface area contributed by atoms with Crippen LogP contribution in [0, 0.1) is 6.92 Å². The largest absolute Gasteiger partial charge is 0.506 e. The molecule has 0 aromatic heterocycles. The summed E-state index contributed by atoms with van der Waals surface area (Å²) in [7, 11) is 1.52. The highest BCUT2D eigenvalue weighted by atomic mass is 79.9. The van der Waals surface area contributed by atoms with Gasteiger partial charge in [0.25, 0.3) is 0 Å². The smallest absolute Gasteiger partial charge is 0.139 e. The lowest BCUT2D eigenvalue weighted by molar-refractivity contribution is 0.182. The molecule has 0 saturated carbocycles. The van der Waals surface area contributed by atoms with Crippen molar-refractivity contribution >= 4 is 15.9 Å². The van der Waals surface area contributed by atoms with Gasteiger partial charge >= 0.3 is 0 Å². The molecular formula is C10H14BrNO3. The molecule has 0 fully saturated rings. The van der Waals surface area contributed by atoms with Gasteiger partial charge in [0.15, 0.2) is 0 Å². The Kier molecular flexibility index (Phi) is 3.96. The Morgan fingerprint density at radius 1 is 1.60 bits per heavy atom. The van der Waals surface area contributed by atoms with Crippen molar-refractivity contribution in [2.24, 2.45) is 5.73 Å². The van der Waals surface area contributed by atoms with E-state index in [1.807, 2.05) is 6.92 Å². The molecule has 0 amide bonds. The average Bonchev–Trinajstić information content (AvgIpc) is 2.23. The second-order valence-electron chi connectivity index (χ2n) is 3.23. The van der Waals surface area contributed by atoms with Crippen LogP contribution in [0.1, 0.15) is 17.2 Å². The molecule has 0 spiro atoms. The molecule has 1 rings (SSSR count). The van der Waals surface area contributed by atoms with E-state index in [1.165, 1.54) is 7.11 Å². The van der Waals surface area contributed by atoms with Gasteiger partial charge in [-0.05, 0) is 34.5 Å². The Balaban J connectivity index is 3.33. The Morgan fingerprint density at radius 3 is 2.67 bits per heavy atom. The number of ether oxygens (including phenoxy) is 1. The lowest BCUT2D eigenvalue weighted by Gasteiger charge is -2.15. The maximum Gasteiger partial charge on any atom is 0.139 e. The van der Waals surface area contributed by atoms with Gasteiger partial charge in [-0.15, -0.1) is 0 Å². The van der Waals surface area contributed by atoms with Crippen LogP contribution in [0.5, 0.6) is 11.5 Å². The van der Waals surface area contributed by atoms with E-state index in [0.717, 1.165) is 5.56 Å². The lowest BCUT2D eigenvalue weighted by Crippen LogP contribution is -2.12. The van der Waals surface area contributed by atoms with Crippen LogP contribution in [0.2, 0.25) is 0 Å². The molecule has 1 unspecified atom stereocenters. The summed E-state index contributed by atoms with van der Waals surface area (Å²) in [6, 6.07) is 1.66. The second-order valence-corrected chi connectivity index (χ2v) is 4.02. The monoisotopic (exact) mass is 275 g/mol. The molecule has 0 aliphatic rings. The first-order valence-corrected chi connectivity index (χ1v) is 5.26. The molecular weight excluding hydrogens is 262 g/mol. The van der Waals surface area contributed by atoms with Crippen LogP contribution in [0.3, 0.4) is 0 Å². The van der Waals surface area contributed by atoms with Crippen LogP contribution in [-0.4, -0.2) is 23.9 Å². The van der Waals surface area contributed by atoms with Crippen molar-refractivity contribution in [3.8, 4) is 11.5 Å². The quantitative estimate of drug-likeness (QED) is 0.781. The van der Waals surface area contributed by atoms with E-state index in [1.54, 1.807) is 6.07 Å². The van der Waals surface area contributed by atoms with Gasteiger partial charge in [-0.2, -0.15) is 0 Å². The molecule has 0 aliphatic heterocycles. The Labute approximate surface area is 96.8 Å². The maximum atomic E-state index is 9.79. The Morgan fingerprint density at radius 2 is 2.20 bits per heavy atom. The topological polar surface area (TPSA) is 75.7 Å². The number of aryl methyl sites for hydroxylation is 1. The van der Waals surface area contributed by atoms with E-state index in [4.69, 9.17) is 10.5 Å². The van der Waals surface area contributed by atoms with Gasteiger partial charge < -0.3 is 20.7 Å². The van der Waals surface area contributed by atoms with Crippen LogP contribution in [0.4, 0.5) is 0 Å².